The molecule has 4 rings (SSSR count). The summed E-state index contributed by atoms with van der Waals surface area (Å²) in [6.45, 7) is 5.00. The van der Waals surface area contributed by atoms with Gasteiger partial charge in [0, 0.05) is 23.7 Å². The van der Waals surface area contributed by atoms with Crippen LogP contribution in [0.25, 0.3) is 10.9 Å². The number of pyridine rings is 1. The Bertz CT molecular complexity index is 1420. The Morgan fingerprint density at radius 3 is 2.40 bits per heavy atom. The summed E-state index contributed by atoms with van der Waals surface area (Å²) >= 11 is 5.82. The standard InChI is InChI=1S/C28H29N3O3S/c1-18-12-21-14-22(27(32)29-25(21)13-19(18)2)17-31(16-20-8-6-5-7-9-20)28(35)30-24-11-10-23(33-3)15-26(24)34-4/h5-15H,16-17H2,1-4H3,(H,29,32)(H,30,35). The van der Waals surface area contributed by atoms with E-state index in [0.717, 1.165) is 27.7 Å². The fourth-order valence-electron chi connectivity index (χ4n) is 3.94. The molecular formula is C28H29N3O3S. The van der Waals surface area contributed by atoms with Gasteiger partial charge in [-0.15, -0.1) is 0 Å². The number of anilines is 1. The zero-order valence-corrected chi connectivity index (χ0v) is 21.2. The van der Waals surface area contributed by atoms with E-state index in [-0.39, 0.29) is 5.56 Å². The summed E-state index contributed by atoms with van der Waals surface area (Å²) in [5.41, 5.74) is 5.48. The van der Waals surface area contributed by atoms with E-state index >= 15 is 0 Å². The fourth-order valence-corrected chi connectivity index (χ4v) is 4.18. The molecule has 1 aromatic heterocycles. The van der Waals surface area contributed by atoms with Crippen molar-refractivity contribution in [2.45, 2.75) is 26.9 Å². The number of aromatic amines is 1. The summed E-state index contributed by atoms with van der Waals surface area (Å²) in [7, 11) is 3.21. The number of aryl methyl sites for hydroxylation is 2. The number of methoxy groups -OCH3 is 2. The summed E-state index contributed by atoms with van der Waals surface area (Å²) in [4.78, 5) is 18.0. The Hall–Kier alpha value is -3.84. The highest BCUT2D eigenvalue weighted by Gasteiger charge is 2.16. The van der Waals surface area contributed by atoms with Crippen LogP contribution < -0.4 is 20.3 Å². The molecular weight excluding hydrogens is 458 g/mol. The van der Waals surface area contributed by atoms with Crippen molar-refractivity contribution in [3.05, 3.63) is 99.3 Å². The van der Waals surface area contributed by atoms with Crippen molar-refractivity contribution in [3.63, 3.8) is 0 Å². The Kier molecular flexibility index (Phi) is 7.36. The van der Waals surface area contributed by atoms with E-state index in [1.165, 1.54) is 5.56 Å². The van der Waals surface area contributed by atoms with Gasteiger partial charge < -0.3 is 24.7 Å². The van der Waals surface area contributed by atoms with E-state index in [9.17, 15) is 4.79 Å². The van der Waals surface area contributed by atoms with Gasteiger partial charge in [0.2, 0.25) is 0 Å². The predicted octanol–water partition coefficient (Wildman–Crippen LogP) is 5.56. The van der Waals surface area contributed by atoms with Gasteiger partial charge in [-0.1, -0.05) is 30.3 Å². The topological polar surface area (TPSA) is 66.6 Å². The average Bonchev–Trinajstić information content (AvgIpc) is 2.86. The number of aromatic nitrogens is 1. The molecule has 6 nitrogen and oxygen atoms in total. The fraction of sp³-hybridized carbons (Fsp3) is 0.214. The molecule has 7 heteroatoms. The minimum atomic E-state index is -0.122. The summed E-state index contributed by atoms with van der Waals surface area (Å²) in [6, 6.07) is 21.6. The molecule has 180 valence electrons. The van der Waals surface area contributed by atoms with Crippen LogP contribution in [-0.2, 0) is 13.1 Å². The normalized spacial score (nSPS) is 10.7. The quantitative estimate of drug-likeness (QED) is 0.333. The minimum absolute atomic E-state index is 0.122. The van der Waals surface area contributed by atoms with Gasteiger partial charge in [-0.25, -0.2) is 0 Å². The van der Waals surface area contributed by atoms with Gasteiger partial charge >= 0.3 is 0 Å². The molecule has 0 fully saturated rings. The highest BCUT2D eigenvalue weighted by Crippen LogP contribution is 2.29. The number of nitrogens with one attached hydrogen (secondary N) is 2. The molecule has 0 atom stereocenters. The van der Waals surface area contributed by atoms with E-state index in [0.29, 0.717) is 35.3 Å². The lowest BCUT2D eigenvalue weighted by Crippen LogP contribution is -2.35. The number of nitrogens with zero attached hydrogens (tertiary/aromatic N) is 1. The highest BCUT2D eigenvalue weighted by atomic mass is 32.1. The molecule has 0 aliphatic heterocycles. The summed E-state index contributed by atoms with van der Waals surface area (Å²) < 4.78 is 10.8. The maximum Gasteiger partial charge on any atom is 0.253 e. The molecule has 0 spiro atoms. The molecule has 0 amide bonds. The van der Waals surface area contributed by atoms with Crippen LogP contribution >= 0.6 is 12.2 Å². The van der Waals surface area contributed by atoms with Gasteiger partial charge in [0.15, 0.2) is 5.11 Å². The number of benzene rings is 3. The summed E-state index contributed by atoms with van der Waals surface area (Å²) in [5.74, 6) is 1.30. The van der Waals surface area contributed by atoms with E-state index < -0.39 is 0 Å². The molecule has 0 unspecified atom stereocenters. The molecule has 0 bridgehead atoms. The predicted molar refractivity (Wildman–Crippen MR) is 145 cm³/mol. The molecule has 0 radical (unpaired) electrons. The first-order valence-corrected chi connectivity index (χ1v) is 11.7. The maximum atomic E-state index is 13.0. The van der Waals surface area contributed by atoms with Crippen LogP contribution in [0.1, 0.15) is 22.3 Å². The lowest BCUT2D eigenvalue weighted by molar-refractivity contribution is 0.394. The summed E-state index contributed by atoms with van der Waals surface area (Å²) in [6.07, 6.45) is 0. The first-order chi connectivity index (χ1) is 16.9. The van der Waals surface area contributed by atoms with Gasteiger partial charge in [-0.2, -0.15) is 0 Å². The molecule has 0 aliphatic carbocycles. The van der Waals surface area contributed by atoms with Crippen molar-refractivity contribution in [2.75, 3.05) is 19.5 Å². The van der Waals surface area contributed by atoms with Crippen LogP contribution in [0.15, 0.2) is 71.5 Å². The minimum Gasteiger partial charge on any atom is -0.497 e. The van der Waals surface area contributed by atoms with Crippen molar-refractivity contribution >= 4 is 33.9 Å². The average molecular weight is 488 g/mol. The van der Waals surface area contributed by atoms with Gasteiger partial charge in [-0.3, -0.25) is 4.79 Å². The number of rotatable bonds is 7. The van der Waals surface area contributed by atoms with Crippen molar-refractivity contribution in [2.24, 2.45) is 0 Å². The van der Waals surface area contributed by atoms with Crippen LogP contribution in [0.2, 0.25) is 0 Å². The number of fused-ring (bicyclic) bond motifs is 1. The van der Waals surface area contributed by atoms with E-state index in [2.05, 4.69) is 23.3 Å². The van der Waals surface area contributed by atoms with Gasteiger partial charge in [-0.05, 0) is 78.5 Å². The number of hydrogen-bond donors (Lipinski definition) is 2. The Morgan fingerprint density at radius 2 is 1.69 bits per heavy atom. The van der Waals surface area contributed by atoms with Crippen LogP contribution in [0, 0.1) is 13.8 Å². The molecule has 1 heterocycles. The first kappa shape index (κ1) is 24.3. The zero-order chi connectivity index (χ0) is 24.9. The number of ether oxygens (including phenoxy) is 2. The zero-order valence-electron chi connectivity index (χ0n) is 20.3. The summed E-state index contributed by atoms with van der Waals surface area (Å²) in [5, 5.41) is 4.77. The van der Waals surface area contributed by atoms with Crippen LogP contribution in [0.5, 0.6) is 11.5 Å². The smallest absolute Gasteiger partial charge is 0.253 e. The number of thiocarbonyl (C=S) groups is 1. The van der Waals surface area contributed by atoms with Crippen molar-refractivity contribution in [1.82, 2.24) is 9.88 Å². The Morgan fingerprint density at radius 1 is 0.943 bits per heavy atom. The van der Waals surface area contributed by atoms with Crippen molar-refractivity contribution < 1.29 is 9.47 Å². The molecule has 0 saturated carbocycles. The van der Waals surface area contributed by atoms with Crippen molar-refractivity contribution in [1.29, 1.82) is 0 Å². The van der Waals surface area contributed by atoms with E-state index in [1.54, 1.807) is 20.3 Å². The van der Waals surface area contributed by atoms with Gasteiger partial charge in [0.05, 0.1) is 26.5 Å². The molecule has 2 N–H and O–H groups in total. The third-order valence-electron chi connectivity index (χ3n) is 6.05. The second kappa shape index (κ2) is 10.6. The first-order valence-electron chi connectivity index (χ1n) is 11.3. The number of H-pyrrole nitrogens is 1. The second-order valence-corrected chi connectivity index (χ2v) is 8.87. The van der Waals surface area contributed by atoms with Crippen molar-refractivity contribution in [3.8, 4) is 11.5 Å². The van der Waals surface area contributed by atoms with E-state index in [1.807, 2.05) is 66.4 Å². The lowest BCUT2D eigenvalue weighted by atomic mass is 10.0. The Balaban J connectivity index is 1.67. The van der Waals surface area contributed by atoms with Crippen LogP contribution in [-0.4, -0.2) is 29.2 Å². The third kappa shape index (κ3) is 5.63. The third-order valence-corrected chi connectivity index (χ3v) is 6.41. The number of hydrogen-bond acceptors (Lipinski definition) is 4. The lowest BCUT2D eigenvalue weighted by Gasteiger charge is -2.26. The molecule has 0 aliphatic rings. The van der Waals surface area contributed by atoms with Gasteiger partial charge in [0.25, 0.3) is 5.56 Å². The van der Waals surface area contributed by atoms with E-state index in [4.69, 9.17) is 21.7 Å². The SMILES string of the molecule is COc1ccc(NC(=S)N(Cc2ccccc2)Cc2cc3cc(C)c(C)cc3[nH]c2=O)c(OC)c1. The molecule has 3 aromatic carbocycles. The highest BCUT2D eigenvalue weighted by molar-refractivity contribution is 7.80. The monoisotopic (exact) mass is 487 g/mol. The Labute approximate surface area is 210 Å². The van der Waals surface area contributed by atoms with Crippen LogP contribution in [0.3, 0.4) is 0 Å². The van der Waals surface area contributed by atoms with Gasteiger partial charge in [0.1, 0.15) is 11.5 Å². The molecule has 35 heavy (non-hydrogen) atoms. The van der Waals surface area contributed by atoms with Crippen LogP contribution in [0.4, 0.5) is 5.69 Å². The molecule has 4 aromatic rings. The largest absolute Gasteiger partial charge is 0.497 e. The molecule has 0 saturated heterocycles. The maximum absolute atomic E-state index is 13.0. The second-order valence-electron chi connectivity index (χ2n) is 8.49.